The fraction of sp³-hybridized carbons (Fsp3) is 0.600. The van der Waals surface area contributed by atoms with E-state index < -0.39 is 5.79 Å². The van der Waals surface area contributed by atoms with Crippen molar-refractivity contribution in [2.24, 2.45) is 5.92 Å². The monoisotopic (exact) mass is 433 g/mol. The third-order valence-corrected chi connectivity index (χ3v) is 6.00. The van der Waals surface area contributed by atoms with Gasteiger partial charge in [-0.15, -0.1) is 0 Å². The Labute approximate surface area is 147 Å². The van der Waals surface area contributed by atoms with Crippen molar-refractivity contribution in [1.82, 2.24) is 14.5 Å². The third-order valence-electron chi connectivity index (χ3n) is 4.57. The highest BCUT2D eigenvalue weighted by molar-refractivity contribution is 14.1. The molecular weight excluding hydrogens is 417 g/mol. The Bertz CT molecular complexity index is 720. The average molecular weight is 434 g/mol. The summed E-state index contributed by atoms with van der Waals surface area (Å²) in [4.78, 5) is 8.47. The Morgan fingerprint density at radius 1 is 1.36 bits per heavy atom. The summed E-state index contributed by atoms with van der Waals surface area (Å²) < 4.78 is 15.6. The zero-order chi connectivity index (χ0) is 15.5. The minimum Gasteiger partial charge on any atom is -0.344 e. The first-order chi connectivity index (χ1) is 10.5. The minimum absolute atomic E-state index is 0.0547. The van der Waals surface area contributed by atoms with Crippen molar-refractivity contribution in [3.63, 3.8) is 0 Å². The van der Waals surface area contributed by atoms with E-state index in [1.54, 1.807) is 0 Å². The van der Waals surface area contributed by atoms with E-state index >= 15 is 0 Å². The highest BCUT2D eigenvalue weighted by atomic mass is 127. The van der Waals surface area contributed by atoms with E-state index in [1.807, 2.05) is 26.1 Å². The van der Waals surface area contributed by atoms with Gasteiger partial charge in [-0.05, 0) is 32.3 Å². The Hall–Kier alpha value is -0.440. The van der Waals surface area contributed by atoms with Crippen LogP contribution in [0, 0.1) is 5.92 Å². The van der Waals surface area contributed by atoms with Crippen molar-refractivity contribution in [2.75, 3.05) is 4.43 Å². The highest BCUT2D eigenvalue weighted by Crippen LogP contribution is 2.48. The van der Waals surface area contributed by atoms with Crippen LogP contribution >= 0.6 is 34.2 Å². The van der Waals surface area contributed by atoms with E-state index in [9.17, 15) is 0 Å². The number of fused-ring (bicyclic) bond motifs is 2. The first-order valence-corrected chi connectivity index (χ1v) is 9.29. The summed E-state index contributed by atoms with van der Waals surface area (Å²) in [7, 11) is 0. The number of ether oxygens (including phenoxy) is 2. The van der Waals surface area contributed by atoms with Gasteiger partial charge in [0.1, 0.15) is 23.2 Å². The van der Waals surface area contributed by atoms with E-state index in [4.69, 9.17) is 21.1 Å². The molecule has 2 aromatic rings. The smallest absolute Gasteiger partial charge is 0.163 e. The molecule has 1 saturated heterocycles. The van der Waals surface area contributed by atoms with Crippen LogP contribution in [0.5, 0.6) is 0 Å². The first kappa shape index (κ1) is 15.1. The molecule has 5 nitrogen and oxygen atoms in total. The molecule has 2 aromatic heterocycles. The summed E-state index contributed by atoms with van der Waals surface area (Å²) in [5.74, 6) is -0.0275. The van der Waals surface area contributed by atoms with E-state index in [0.717, 1.165) is 21.9 Å². The maximum atomic E-state index is 6.20. The van der Waals surface area contributed by atoms with Crippen LogP contribution in [-0.4, -0.2) is 37.0 Å². The zero-order valence-electron chi connectivity index (χ0n) is 12.4. The zero-order valence-corrected chi connectivity index (χ0v) is 15.3. The predicted octanol–water partition coefficient (Wildman–Crippen LogP) is 3.60. The average Bonchev–Trinajstić information content (AvgIpc) is 3.10. The lowest BCUT2D eigenvalue weighted by atomic mass is 10.1. The maximum absolute atomic E-state index is 6.20. The molecule has 22 heavy (non-hydrogen) atoms. The van der Waals surface area contributed by atoms with Crippen molar-refractivity contribution in [1.29, 1.82) is 0 Å². The van der Waals surface area contributed by atoms with Crippen molar-refractivity contribution in [3.8, 4) is 0 Å². The Morgan fingerprint density at radius 3 is 2.91 bits per heavy atom. The van der Waals surface area contributed by atoms with Gasteiger partial charge in [0.2, 0.25) is 0 Å². The van der Waals surface area contributed by atoms with Gasteiger partial charge in [0.25, 0.3) is 0 Å². The molecule has 2 fully saturated rings. The number of halogens is 2. The van der Waals surface area contributed by atoms with Crippen molar-refractivity contribution < 1.29 is 9.47 Å². The molecule has 2 aliphatic rings. The fourth-order valence-corrected chi connectivity index (χ4v) is 4.74. The molecular formula is C15H17ClIN3O2. The molecule has 4 rings (SSSR count). The van der Waals surface area contributed by atoms with Crippen molar-refractivity contribution in [3.05, 3.63) is 23.7 Å². The maximum Gasteiger partial charge on any atom is 0.163 e. The van der Waals surface area contributed by atoms with Gasteiger partial charge < -0.3 is 14.0 Å². The number of alkyl halides is 1. The van der Waals surface area contributed by atoms with E-state index in [-0.39, 0.29) is 18.2 Å². The van der Waals surface area contributed by atoms with Crippen LogP contribution in [0.4, 0.5) is 0 Å². The van der Waals surface area contributed by atoms with Gasteiger partial charge in [0, 0.05) is 10.6 Å². The molecule has 3 heterocycles. The molecule has 4 atom stereocenters. The summed E-state index contributed by atoms with van der Waals surface area (Å²) in [6, 6.07) is 2.19. The minimum atomic E-state index is -0.520. The predicted molar refractivity (Wildman–Crippen MR) is 92.4 cm³/mol. The van der Waals surface area contributed by atoms with Gasteiger partial charge in [0.05, 0.1) is 17.5 Å². The van der Waals surface area contributed by atoms with Gasteiger partial charge in [-0.1, -0.05) is 34.2 Å². The molecule has 0 bridgehead atoms. The Balaban J connectivity index is 1.77. The van der Waals surface area contributed by atoms with Crippen LogP contribution in [0.3, 0.4) is 0 Å². The summed E-state index contributed by atoms with van der Waals surface area (Å²) in [6.07, 6.45) is 4.78. The lowest BCUT2D eigenvalue weighted by Gasteiger charge is -2.24. The lowest BCUT2D eigenvalue weighted by molar-refractivity contribution is -0.159. The van der Waals surface area contributed by atoms with Crippen LogP contribution in [0.2, 0.25) is 5.15 Å². The molecule has 0 N–H and O–H groups in total. The second kappa shape index (κ2) is 5.29. The first-order valence-electron chi connectivity index (χ1n) is 7.39. The van der Waals surface area contributed by atoms with Gasteiger partial charge in [-0.3, -0.25) is 0 Å². The molecule has 7 heteroatoms. The van der Waals surface area contributed by atoms with Crippen molar-refractivity contribution >= 4 is 45.2 Å². The number of aromatic nitrogens is 3. The standard InChI is InChI=1S/C15H17ClIN3O2/c1-15(2)21-11-8(6-17)5-10(12(11)22-15)20-4-3-9-13(16)18-7-19-14(9)20/h3-4,7-8,10-12H,5-6H2,1-2H3/t8-,10-,11-,12+/m1/s1. The van der Waals surface area contributed by atoms with Crippen LogP contribution in [-0.2, 0) is 9.47 Å². The van der Waals surface area contributed by atoms with E-state index in [1.165, 1.54) is 6.33 Å². The third kappa shape index (κ3) is 2.26. The summed E-state index contributed by atoms with van der Waals surface area (Å²) in [6.45, 7) is 3.97. The second-order valence-electron chi connectivity index (χ2n) is 6.41. The molecule has 0 amide bonds. The van der Waals surface area contributed by atoms with Crippen LogP contribution in [0.25, 0.3) is 11.0 Å². The number of hydrogen-bond donors (Lipinski definition) is 0. The van der Waals surface area contributed by atoms with E-state index in [2.05, 4.69) is 37.1 Å². The molecule has 0 radical (unpaired) electrons. The molecule has 0 spiro atoms. The van der Waals surface area contributed by atoms with Crippen LogP contribution in [0.15, 0.2) is 18.6 Å². The lowest BCUT2D eigenvalue weighted by Crippen LogP contribution is -2.27. The van der Waals surface area contributed by atoms with Crippen LogP contribution in [0.1, 0.15) is 26.3 Å². The molecule has 1 aliphatic carbocycles. The molecule has 1 aliphatic heterocycles. The molecule has 0 unspecified atom stereocenters. The van der Waals surface area contributed by atoms with Crippen LogP contribution < -0.4 is 0 Å². The topological polar surface area (TPSA) is 49.2 Å². The highest BCUT2D eigenvalue weighted by Gasteiger charge is 2.54. The number of nitrogens with zero attached hydrogens (tertiary/aromatic N) is 3. The molecule has 118 valence electrons. The molecule has 1 saturated carbocycles. The van der Waals surface area contributed by atoms with E-state index in [0.29, 0.717) is 11.1 Å². The summed E-state index contributed by atoms with van der Waals surface area (Å²) in [5.41, 5.74) is 0.867. The number of rotatable bonds is 2. The van der Waals surface area contributed by atoms with Gasteiger partial charge in [-0.25, -0.2) is 9.97 Å². The molecule has 0 aromatic carbocycles. The fourth-order valence-electron chi connectivity index (χ4n) is 3.69. The van der Waals surface area contributed by atoms with Gasteiger partial charge >= 0.3 is 0 Å². The largest absolute Gasteiger partial charge is 0.344 e. The normalized spacial score (nSPS) is 33.5. The summed E-state index contributed by atoms with van der Waals surface area (Å²) >= 11 is 8.61. The quantitative estimate of drug-likeness (QED) is 0.412. The van der Waals surface area contributed by atoms with Crippen molar-refractivity contribution in [2.45, 2.75) is 44.3 Å². The van der Waals surface area contributed by atoms with Gasteiger partial charge in [0.15, 0.2) is 5.79 Å². The Kier molecular flexibility index (Phi) is 3.63. The second-order valence-corrected chi connectivity index (χ2v) is 7.65. The Morgan fingerprint density at radius 2 is 2.14 bits per heavy atom. The summed E-state index contributed by atoms with van der Waals surface area (Å²) in [5, 5.41) is 1.38. The number of hydrogen-bond acceptors (Lipinski definition) is 4. The SMILES string of the molecule is CC1(C)O[C@@H]2[C@@H](CI)C[C@@H](n3ccc4c(Cl)ncnc43)[C@@H]2O1. The van der Waals surface area contributed by atoms with Gasteiger partial charge in [-0.2, -0.15) is 0 Å².